The lowest BCUT2D eigenvalue weighted by atomic mass is 10.1. The second kappa shape index (κ2) is 9.59. The predicted octanol–water partition coefficient (Wildman–Crippen LogP) is 7.36. The van der Waals surface area contributed by atoms with Crippen molar-refractivity contribution in [2.75, 3.05) is 0 Å². The Bertz CT molecular complexity index is 1460. The van der Waals surface area contributed by atoms with Gasteiger partial charge in [-0.1, -0.05) is 90.7 Å². The first-order valence-corrected chi connectivity index (χ1v) is 11.8. The van der Waals surface area contributed by atoms with Crippen LogP contribution in [0.5, 0.6) is 5.75 Å². The molecule has 4 aromatic rings. The van der Waals surface area contributed by atoms with Crippen molar-refractivity contribution >= 4 is 62.4 Å². The van der Waals surface area contributed by atoms with Gasteiger partial charge in [0.05, 0.1) is 22.8 Å². The van der Waals surface area contributed by atoms with Gasteiger partial charge in [-0.2, -0.15) is 5.11 Å². The Morgan fingerprint density at radius 3 is 2.53 bits per heavy atom. The minimum absolute atomic E-state index is 0.0532. The average molecular weight is 482 g/mol. The molecule has 0 unspecified atom stereocenters. The van der Waals surface area contributed by atoms with Crippen LogP contribution in [0.15, 0.2) is 106 Å². The van der Waals surface area contributed by atoms with Crippen molar-refractivity contribution in [1.29, 1.82) is 0 Å². The van der Waals surface area contributed by atoms with Gasteiger partial charge < -0.3 is 5.11 Å². The van der Waals surface area contributed by atoms with E-state index in [1.165, 1.54) is 11.8 Å². The molecule has 4 aromatic carbocycles. The number of aromatic hydroxyl groups is 1. The number of fused-ring (bicyclic) bond motifs is 1. The Labute approximate surface area is 206 Å². The Hall–Kier alpha value is -3.81. The fraction of sp³-hybridized carbons (Fsp3) is 0.0370. The van der Waals surface area contributed by atoms with Crippen molar-refractivity contribution in [3.05, 3.63) is 107 Å². The van der Waals surface area contributed by atoms with E-state index in [4.69, 9.17) is 12.2 Å². The molecule has 166 valence electrons. The molecule has 0 atom stereocenters. The molecule has 0 radical (unpaired) electrons. The van der Waals surface area contributed by atoms with E-state index < -0.39 is 0 Å². The zero-order valence-electron chi connectivity index (χ0n) is 18.0. The van der Waals surface area contributed by atoms with Crippen LogP contribution in [0.1, 0.15) is 11.1 Å². The van der Waals surface area contributed by atoms with E-state index in [0.717, 1.165) is 22.0 Å². The molecule has 1 heterocycles. The number of carbonyl (C=O) groups is 1. The summed E-state index contributed by atoms with van der Waals surface area (Å²) in [5, 5.41) is 21.3. The van der Waals surface area contributed by atoms with Crippen LogP contribution in [0.25, 0.3) is 16.8 Å². The number of carbonyl (C=O) groups excluding carboxylic acids is 1. The Balaban J connectivity index is 1.40. The highest BCUT2D eigenvalue weighted by atomic mass is 32.2. The molecule has 1 fully saturated rings. The molecule has 0 aliphatic carbocycles. The van der Waals surface area contributed by atoms with Gasteiger partial charge in [-0.15, -0.1) is 5.11 Å². The van der Waals surface area contributed by atoms with Crippen LogP contribution in [0.4, 0.5) is 11.4 Å². The first kappa shape index (κ1) is 22.0. The molecule has 5 nitrogen and oxygen atoms in total. The Morgan fingerprint density at radius 1 is 0.912 bits per heavy atom. The molecule has 5 rings (SSSR count). The van der Waals surface area contributed by atoms with Gasteiger partial charge >= 0.3 is 0 Å². The van der Waals surface area contributed by atoms with E-state index in [1.54, 1.807) is 29.2 Å². The highest BCUT2D eigenvalue weighted by Crippen LogP contribution is 2.36. The lowest BCUT2D eigenvalue weighted by Gasteiger charge is -2.14. The zero-order chi connectivity index (χ0) is 23.5. The smallest absolute Gasteiger partial charge is 0.266 e. The molecule has 0 aromatic heterocycles. The number of hydrogen-bond donors (Lipinski definition) is 1. The van der Waals surface area contributed by atoms with Crippen molar-refractivity contribution in [2.45, 2.75) is 6.54 Å². The molecule has 34 heavy (non-hydrogen) atoms. The number of hydrogen-bond acceptors (Lipinski definition) is 6. The monoisotopic (exact) mass is 481 g/mol. The summed E-state index contributed by atoms with van der Waals surface area (Å²) in [6, 6.07) is 28.5. The van der Waals surface area contributed by atoms with E-state index in [-0.39, 0.29) is 11.7 Å². The fourth-order valence-corrected chi connectivity index (χ4v) is 4.92. The van der Waals surface area contributed by atoms with Crippen molar-refractivity contribution < 1.29 is 9.90 Å². The molecule has 0 saturated carbocycles. The standard InChI is InChI=1S/C27H19N3O2S2/c31-24-14-13-21(28-29-23-12-6-10-19-9-4-5-11-22(19)23)15-20(24)16-25-26(32)30(27(33)34-25)17-18-7-2-1-3-8-18/h1-16,31H,17H2/b25-16+,29-28?. The van der Waals surface area contributed by atoms with Gasteiger partial charge in [0.1, 0.15) is 10.1 Å². The SMILES string of the molecule is O=C1/C(=C\c2cc(N=Nc3cccc4ccccc34)ccc2O)SC(=S)N1Cc1ccccc1. The highest BCUT2D eigenvalue weighted by Gasteiger charge is 2.32. The minimum Gasteiger partial charge on any atom is -0.507 e. The summed E-state index contributed by atoms with van der Waals surface area (Å²) in [7, 11) is 0. The van der Waals surface area contributed by atoms with Crippen LogP contribution in [-0.2, 0) is 11.3 Å². The first-order chi connectivity index (χ1) is 16.6. The van der Waals surface area contributed by atoms with Crippen LogP contribution in [-0.4, -0.2) is 20.2 Å². The van der Waals surface area contributed by atoms with E-state index >= 15 is 0 Å². The average Bonchev–Trinajstić information content (AvgIpc) is 3.12. The number of benzene rings is 4. The minimum atomic E-state index is -0.180. The summed E-state index contributed by atoms with van der Waals surface area (Å²) in [5.41, 5.74) is 2.81. The summed E-state index contributed by atoms with van der Waals surface area (Å²) in [4.78, 5) is 15.0. The molecule has 1 aliphatic heterocycles. The third-order valence-corrected chi connectivity index (χ3v) is 6.77. The van der Waals surface area contributed by atoms with E-state index in [9.17, 15) is 9.90 Å². The predicted molar refractivity (Wildman–Crippen MR) is 141 cm³/mol. The largest absolute Gasteiger partial charge is 0.507 e. The van der Waals surface area contributed by atoms with Gasteiger partial charge in [-0.3, -0.25) is 9.69 Å². The van der Waals surface area contributed by atoms with Gasteiger partial charge in [0.25, 0.3) is 5.91 Å². The van der Waals surface area contributed by atoms with E-state index in [0.29, 0.717) is 27.0 Å². The number of azo groups is 1. The maximum Gasteiger partial charge on any atom is 0.266 e. The summed E-state index contributed by atoms with van der Waals surface area (Å²) in [6.45, 7) is 0.411. The number of thioether (sulfide) groups is 1. The molecular weight excluding hydrogens is 462 g/mol. The van der Waals surface area contributed by atoms with Crippen LogP contribution in [0.2, 0.25) is 0 Å². The fourth-order valence-electron chi connectivity index (χ4n) is 3.67. The third-order valence-electron chi connectivity index (χ3n) is 5.39. The number of amides is 1. The van der Waals surface area contributed by atoms with Gasteiger partial charge in [0.2, 0.25) is 0 Å². The summed E-state index contributed by atoms with van der Waals surface area (Å²) in [6.07, 6.45) is 1.65. The molecule has 0 bridgehead atoms. The van der Waals surface area contributed by atoms with Gasteiger partial charge in [0.15, 0.2) is 0 Å². The zero-order valence-corrected chi connectivity index (χ0v) is 19.6. The second-order valence-corrected chi connectivity index (χ2v) is 9.37. The molecule has 1 aliphatic rings. The molecule has 1 amide bonds. The molecule has 1 N–H and O–H groups in total. The van der Waals surface area contributed by atoms with Crippen LogP contribution in [0.3, 0.4) is 0 Å². The second-order valence-electron chi connectivity index (χ2n) is 7.69. The van der Waals surface area contributed by atoms with E-state index in [2.05, 4.69) is 10.2 Å². The molecular formula is C27H19N3O2S2. The van der Waals surface area contributed by atoms with E-state index in [1.807, 2.05) is 72.8 Å². The number of phenolic OH excluding ortho intramolecular Hbond substituents is 1. The Kier molecular flexibility index (Phi) is 6.20. The molecule has 1 saturated heterocycles. The third kappa shape index (κ3) is 4.62. The van der Waals surface area contributed by atoms with Crippen molar-refractivity contribution in [3.63, 3.8) is 0 Å². The number of phenols is 1. The highest BCUT2D eigenvalue weighted by molar-refractivity contribution is 8.26. The summed E-state index contributed by atoms with van der Waals surface area (Å²) >= 11 is 6.66. The number of rotatable bonds is 5. The maximum absolute atomic E-state index is 13.0. The van der Waals surface area contributed by atoms with Crippen molar-refractivity contribution in [2.24, 2.45) is 10.2 Å². The van der Waals surface area contributed by atoms with Gasteiger partial charge in [-0.05, 0) is 41.3 Å². The van der Waals surface area contributed by atoms with Gasteiger partial charge in [-0.25, -0.2) is 0 Å². The first-order valence-electron chi connectivity index (χ1n) is 10.6. The van der Waals surface area contributed by atoms with Crippen LogP contribution in [0, 0.1) is 0 Å². The van der Waals surface area contributed by atoms with Crippen LogP contribution >= 0.6 is 24.0 Å². The van der Waals surface area contributed by atoms with Gasteiger partial charge in [0, 0.05) is 10.9 Å². The maximum atomic E-state index is 13.0. The topological polar surface area (TPSA) is 65.3 Å². The molecule has 0 spiro atoms. The van der Waals surface area contributed by atoms with Crippen molar-refractivity contribution in [1.82, 2.24) is 4.90 Å². The normalized spacial score (nSPS) is 15.2. The lowest BCUT2D eigenvalue weighted by Crippen LogP contribution is -2.27. The Morgan fingerprint density at radius 2 is 1.68 bits per heavy atom. The number of thiocarbonyl (C=S) groups is 1. The van der Waals surface area contributed by atoms with Crippen molar-refractivity contribution in [3.8, 4) is 5.75 Å². The summed E-state index contributed by atoms with van der Waals surface area (Å²) in [5.74, 6) is -0.126. The summed E-state index contributed by atoms with van der Waals surface area (Å²) < 4.78 is 0.492. The number of nitrogens with zero attached hydrogens (tertiary/aromatic N) is 3. The lowest BCUT2D eigenvalue weighted by molar-refractivity contribution is -0.122. The quantitative estimate of drug-likeness (QED) is 0.184. The molecule has 7 heteroatoms. The van der Waals surface area contributed by atoms with Crippen LogP contribution < -0.4 is 0 Å².